The third kappa shape index (κ3) is 3.40. The van der Waals surface area contributed by atoms with Gasteiger partial charge in [-0.05, 0) is 36.8 Å². The zero-order valence-corrected chi connectivity index (χ0v) is 11.7. The number of anilines is 2. The van der Waals surface area contributed by atoms with E-state index in [0.29, 0.717) is 12.5 Å². The van der Waals surface area contributed by atoms with Crippen LogP contribution in [-0.2, 0) is 0 Å². The van der Waals surface area contributed by atoms with E-state index < -0.39 is 11.8 Å². The van der Waals surface area contributed by atoms with Crippen LogP contribution in [0, 0.1) is 17.7 Å². The molecule has 1 aromatic carbocycles. The molecular weight excluding hydrogens is 259 g/mol. The van der Waals surface area contributed by atoms with E-state index in [0.717, 1.165) is 24.8 Å². The van der Waals surface area contributed by atoms with Crippen LogP contribution in [0.3, 0.4) is 0 Å². The van der Waals surface area contributed by atoms with E-state index in [2.05, 4.69) is 12.2 Å². The molecule has 0 bridgehead atoms. The van der Waals surface area contributed by atoms with Crippen LogP contribution in [0.25, 0.3) is 0 Å². The summed E-state index contributed by atoms with van der Waals surface area (Å²) in [4.78, 5) is 11.0. The highest BCUT2D eigenvalue weighted by Crippen LogP contribution is 2.29. The number of carboxylic acid groups (broad SMARTS) is 1. The normalized spacial score (nSPS) is 22.5. The van der Waals surface area contributed by atoms with Gasteiger partial charge in [-0.25, -0.2) is 9.18 Å². The summed E-state index contributed by atoms with van der Waals surface area (Å²) >= 11 is 0. The number of hydrogen-bond donors (Lipinski definition) is 3. The van der Waals surface area contributed by atoms with Crippen LogP contribution in [0.2, 0.25) is 0 Å². The molecule has 0 aromatic heterocycles. The van der Waals surface area contributed by atoms with Gasteiger partial charge in [0, 0.05) is 12.2 Å². The predicted octanol–water partition coefficient (Wildman–Crippen LogP) is 3.34. The molecule has 4 N–H and O–H groups in total. The van der Waals surface area contributed by atoms with Crippen molar-refractivity contribution in [1.29, 1.82) is 0 Å². The van der Waals surface area contributed by atoms with Crippen molar-refractivity contribution in [1.82, 2.24) is 0 Å². The van der Waals surface area contributed by atoms with Gasteiger partial charge in [0.15, 0.2) is 0 Å². The lowest BCUT2D eigenvalue weighted by Crippen LogP contribution is -2.20. The van der Waals surface area contributed by atoms with Gasteiger partial charge in [0.1, 0.15) is 5.82 Å². The van der Waals surface area contributed by atoms with Gasteiger partial charge in [-0.15, -0.1) is 0 Å². The van der Waals surface area contributed by atoms with Crippen LogP contribution in [0.1, 0.15) is 43.0 Å². The molecule has 0 heterocycles. The van der Waals surface area contributed by atoms with Gasteiger partial charge in [0.2, 0.25) is 0 Å². The molecule has 0 atom stereocenters. The van der Waals surface area contributed by atoms with E-state index >= 15 is 0 Å². The number of halogens is 1. The number of aromatic carboxylic acids is 1. The minimum absolute atomic E-state index is 0.0490. The highest BCUT2D eigenvalue weighted by molar-refractivity contribution is 5.94. The number of rotatable bonds is 4. The van der Waals surface area contributed by atoms with Crippen molar-refractivity contribution < 1.29 is 14.3 Å². The summed E-state index contributed by atoms with van der Waals surface area (Å²) in [6.07, 6.45) is 4.68. The summed E-state index contributed by atoms with van der Waals surface area (Å²) in [6, 6.07) is 2.34. The Kier molecular flexibility index (Phi) is 4.47. The highest BCUT2D eigenvalue weighted by Gasteiger charge is 2.19. The summed E-state index contributed by atoms with van der Waals surface area (Å²) < 4.78 is 13.8. The molecule has 2 rings (SSSR count). The van der Waals surface area contributed by atoms with Crippen LogP contribution in [0.5, 0.6) is 0 Å². The third-order valence-electron chi connectivity index (χ3n) is 4.09. The summed E-state index contributed by atoms with van der Waals surface area (Å²) in [6.45, 7) is 2.93. The van der Waals surface area contributed by atoms with Crippen molar-refractivity contribution >= 4 is 17.3 Å². The molecule has 0 unspecified atom stereocenters. The lowest BCUT2D eigenvalue weighted by atomic mass is 9.83. The Hall–Kier alpha value is -1.78. The Morgan fingerprint density at radius 3 is 2.65 bits per heavy atom. The number of carboxylic acids is 1. The van der Waals surface area contributed by atoms with Crippen molar-refractivity contribution in [3.8, 4) is 0 Å². The molecular formula is C15H21FN2O2. The van der Waals surface area contributed by atoms with Gasteiger partial charge in [-0.1, -0.05) is 19.8 Å². The quantitative estimate of drug-likeness (QED) is 0.739. The fraction of sp³-hybridized carbons (Fsp3) is 0.533. The Labute approximate surface area is 118 Å². The first kappa shape index (κ1) is 14.6. The second kappa shape index (κ2) is 6.11. The minimum atomic E-state index is -1.14. The summed E-state index contributed by atoms with van der Waals surface area (Å²) in [5.41, 5.74) is 5.60. The summed E-state index contributed by atoms with van der Waals surface area (Å²) in [5, 5.41) is 12.0. The van der Waals surface area contributed by atoms with Gasteiger partial charge < -0.3 is 16.2 Å². The molecule has 0 aliphatic heterocycles. The summed E-state index contributed by atoms with van der Waals surface area (Å²) in [5.74, 6) is -0.344. The first-order valence-electron chi connectivity index (χ1n) is 7.03. The first-order chi connectivity index (χ1) is 9.47. The molecule has 110 valence electrons. The number of nitrogen functional groups attached to an aromatic ring is 1. The Morgan fingerprint density at radius 1 is 1.40 bits per heavy atom. The molecule has 1 aromatic rings. The molecule has 1 saturated carbocycles. The fourth-order valence-electron chi connectivity index (χ4n) is 2.70. The summed E-state index contributed by atoms with van der Waals surface area (Å²) in [7, 11) is 0. The van der Waals surface area contributed by atoms with Crippen molar-refractivity contribution in [3.05, 3.63) is 23.5 Å². The van der Waals surface area contributed by atoms with Gasteiger partial charge in [0.05, 0.1) is 11.3 Å². The van der Waals surface area contributed by atoms with E-state index in [-0.39, 0.29) is 16.9 Å². The molecule has 5 heteroatoms. The zero-order chi connectivity index (χ0) is 14.7. The average Bonchev–Trinajstić information content (AvgIpc) is 2.39. The van der Waals surface area contributed by atoms with Crippen LogP contribution in [0.4, 0.5) is 15.8 Å². The van der Waals surface area contributed by atoms with E-state index in [1.54, 1.807) is 0 Å². The molecule has 1 fully saturated rings. The maximum Gasteiger partial charge on any atom is 0.337 e. The first-order valence-corrected chi connectivity index (χ1v) is 7.03. The van der Waals surface area contributed by atoms with Crippen molar-refractivity contribution in [2.45, 2.75) is 32.6 Å². The van der Waals surface area contributed by atoms with Crippen molar-refractivity contribution in [3.63, 3.8) is 0 Å². The topological polar surface area (TPSA) is 75.3 Å². The lowest BCUT2D eigenvalue weighted by molar-refractivity contribution is 0.0698. The van der Waals surface area contributed by atoms with E-state index in [1.165, 1.54) is 18.9 Å². The number of benzene rings is 1. The molecule has 0 radical (unpaired) electrons. The highest BCUT2D eigenvalue weighted by atomic mass is 19.1. The largest absolute Gasteiger partial charge is 0.478 e. The van der Waals surface area contributed by atoms with Crippen molar-refractivity contribution in [2.75, 3.05) is 17.6 Å². The molecule has 20 heavy (non-hydrogen) atoms. The molecule has 1 aliphatic rings. The molecule has 1 aliphatic carbocycles. The Morgan fingerprint density at radius 2 is 2.05 bits per heavy atom. The van der Waals surface area contributed by atoms with E-state index in [9.17, 15) is 9.18 Å². The monoisotopic (exact) mass is 280 g/mol. The average molecular weight is 280 g/mol. The second-order valence-electron chi connectivity index (χ2n) is 5.73. The van der Waals surface area contributed by atoms with Crippen LogP contribution in [-0.4, -0.2) is 17.6 Å². The zero-order valence-electron chi connectivity index (χ0n) is 11.7. The number of carbonyl (C=O) groups is 1. The lowest BCUT2D eigenvalue weighted by Gasteiger charge is -2.26. The van der Waals surface area contributed by atoms with Crippen LogP contribution < -0.4 is 11.1 Å². The fourth-order valence-corrected chi connectivity index (χ4v) is 2.70. The van der Waals surface area contributed by atoms with Gasteiger partial charge >= 0.3 is 5.97 Å². The molecule has 0 spiro atoms. The second-order valence-corrected chi connectivity index (χ2v) is 5.73. The van der Waals surface area contributed by atoms with Gasteiger partial charge in [-0.2, -0.15) is 0 Å². The standard InChI is InChI=1S/C15H21FN2O2/c1-9-2-4-10(5-3-9)8-18-14-6-11(15(19)20)13(17)7-12(14)16/h6-7,9-10,18H,2-5,8,17H2,1H3,(H,19,20). The maximum atomic E-state index is 13.8. The van der Waals surface area contributed by atoms with E-state index in [4.69, 9.17) is 10.8 Å². The van der Waals surface area contributed by atoms with E-state index in [1.807, 2.05) is 0 Å². The Balaban J connectivity index is 2.02. The molecule has 4 nitrogen and oxygen atoms in total. The maximum absolute atomic E-state index is 13.8. The van der Waals surface area contributed by atoms with Crippen molar-refractivity contribution in [2.24, 2.45) is 11.8 Å². The minimum Gasteiger partial charge on any atom is -0.478 e. The van der Waals surface area contributed by atoms with Crippen LogP contribution in [0.15, 0.2) is 12.1 Å². The van der Waals surface area contributed by atoms with Gasteiger partial charge in [0.25, 0.3) is 0 Å². The predicted molar refractivity (Wildman–Crippen MR) is 77.4 cm³/mol. The third-order valence-corrected chi connectivity index (χ3v) is 4.09. The number of hydrogen-bond acceptors (Lipinski definition) is 3. The SMILES string of the molecule is CC1CCC(CNc2cc(C(=O)O)c(N)cc2F)CC1. The molecule has 0 amide bonds. The van der Waals surface area contributed by atoms with Gasteiger partial charge in [-0.3, -0.25) is 0 Å². The molecule has 0 saturated heterocycles. The number of nitrogens with two attached hydrogens (primary N) is 1. The Bertz CT molecular complexity index is 497. The number of nitrogens with one attached hydrogen (secondary N) is 1. The smallest absolute Gasteiger partial charge is 0.337 e. The van der Waals surface area contributed by atoms with Crippen LogP contribution >= 0.6 is 0 Å².